The molecule has 0 radical (unpaired) electrons. The smallest absolute Gasteiger partial charge is 0.159 e. The van der Waals surface area contributed by atoms with Gasteiger partial charge in [-0.1, -0.05) is 11.6 Å². The summed E-state index contributed by atoms with van der Waals surface area (Å²) in [7, 11) is 0. The van der Waals surface area contributed by atoms with Crippen molar-refractivity contribution in [2.24, 2.45) is 0 Å². The molecule has 0 aromatic heterocycles. The molecule has 1 aliphatic rings. The maximum Gasteiger partial charge on any atom is 0.159 e. The Kier molecular flexibility index (Phi) is 3.05. The van der Waals surface area contributed by atoms with E-state index in [2.05, 4.69) is 5.32 Å². The summed E-state index contributed by atoms with van der Waals surface area (Å²) in [6.45, 7) is 0. The van der Waals surface area contributed by atoms with Crippen LogP contribution in [0.5, 0.6) is 0 Å². The largest absolute Gasteiger partial charge is 0.348 e. The summed E-state index contributed by atoms with van der Waals surface area (Å²) in [5.41, 5.74) is 2.10. The summed E-state index contributed by atoms with van der Waals surface area (Å²) in [6, 6.07) is 9.25. The highest BCUT2D eigenvalue weighted by atomic mass is 35.5. The fraction of sp³-hybridized carbons (Fsp3) is 0.0909. The minimum Gasteiger partial charge on any atom is -0.348 e. The van der Waals surface area contributed by atoms with Crippen LogP contribution in [0.2, 0.25) is 5.02 Å². The average molecular weight is 248 g/mol. The maximum atomic E-state index is 8.77. The zero-order valence-corrected chi connectivity index (χ0v) is 9.69. The first-order chi connectivity index (χ1) is 7.74. The van der Waals surface area contributed by atoms with E-state index < -0.39 is 0 Å². The molecule has 1 aromatic carbocycles. The highest BCUT2D eigenvalue weighted by Crippen LogP contribution is 2.36. The zero-order valence-electron chi connectivity index (χ0n) is 8.12. The predicted octanol–water partition coefficient (Wildman–Crippen LogP) is 3.26. The van der Waals surface area contributed by atoms with Crippen molar-refractivity contribution in [3.8, 4) is 12.1 Å². The minimum absolute atomic E-state index is 0.116. The number of hydrogen-bond acceptors (Lipinski definition) is 4. The zero-order chi connectivity index (χ0) is 11.5. The highest BCUT2D eigenvalue weighted by molar-refractivity contribution is 8.02. The first-order valence-electron chi connectivity index (χ1n) is 4.47. The Bertz CT molecular complexity index is 535. The number of allylic oxidation sites excluding steroid dienone is 1. The topological polar surface area (TPSA) is 59.6 Å². The lowest BCUT2D eigenvalue weighted by atomic mass is 10.2. The van der Waals surface area contributed by atoms with E-state index in [9.17, 15) is 0 Å². The van der Waals surface area contributed by atoms with Crippen molar-refractivity contribution in [2.45, 2.75) is 5.75 Å². The van der Waals surface area contributed by atoms with Crippen LogP contribution in [-0.4, -0.2) is 0 Å². The van der Waals surface area contributed by atoms with Crippen LogP contribution in [0.25, 0.3) is 0 Å². The van der Waals surface area contributed by atoms with Gasteiger partial charge in [0.05, 0.1) is 0 Å². The number of anilines is 1. The lowest BCUT2D eigenvalue weighted by Gasteiger charge is -2.20. The molecule has 0 atom stereocenters. The number of thioether (sulfide) groups is 1. The maximum absolute atomic E-state index is 8.77. The Balaban J connectivity index is 2.40. The monoisotopic (exact) mass is 247 g/mol. The molecule has 1 heterocycles. The van der Waals surface area contributed by atoms with Crippen LogP contribution in [0.4, 0.5) is 5.69 Å². The van der Waals surface area contributed by atoms with Gasteiger partial charge in [-0.3, -0.25) is 0 Å². The van der Waals surface area contributed by atoms with Gasteiger partial charge in [0.2, 0.25) is 0 Å². The van der Waals surface area contributed by atoms with E-state index in [0.29, 0.717) is 15.8 Å². The van der Waals surface area contributed by atoms with Crippen LogP contribution in [0.3, 0.4) is 0 Å². The second-order valence-electron chi connectivity index (χ2n) is 3.14. The van der Waals surface area contributed by atoms with Crippen molar-refractivity contribution < 1.29 is 0 Å². The van der Waals surface area contributed by atoms with E-state index in [4.69, 9.17) is 22.1 Å². The third-order valence-electron chi connectivity index (χ3n) is 2.14. The van der Waals surface area contributed by atoms with Gasteiger partial charge < -0.3 is 5.32 Å². The van der Waals surface area contributed by atoms with Gasteiger partial charge in [0.1, 0.15) is 17.2 Å². The summed E-state index contributed by atoms with van der Waals surface area (Å²) in [6.07, 6.45) is 0. The molecule has 0 fully saturated rings. The molecular weight excluding hydrogens is 242 g/mol. The van der Waals surface area contributed by atoms with E-state index in [1.807, 2.05) is 24.3 Å². The summed E-state index contributed by atoms with van der Waals surface area (Å²) in [4.78, 5) is 0. The molecule has 0 bridgehead atoms. The Labute approximate surface area is 102 Å². The Morgan fingerprint density at radius 3 is 2.81 bits per heavy atom. The number of nitriles is 2. The van der Waals surface area contributed by atoms with Crippen molar-refractivity contribution in [1.29, 1.82) is 10.5 Å². The van der Waals surface area contributed by atoms with E-state index in [0.717, 1.165) is 11.3 Å². The molecule has 0 saturated carbocycles. The fourth-order valence-electron chi connectivity index (χ4n) is 1.37. The first-order valence-corrected chi connectivity index (χ1v) is 5.83. The van der Waals surface area contributed by atoms with E-state index >= 15 is 0 Å². The standard InChI is InChI=1S/C11H6ClN3S/c12-9-1-2-10-7(3-9)6-16-11(15-10)8(4-13)5-14/h1-3,15H,6H2. The number of hydrogen-bond donors (Lipinski definition) is 1. The lowest BCUT2D eigenvalue weighted by Crippen LogP contribution is -2.07. The molecular formula is C11H6ClN3S. The minimum atomic E-state index is 0.116. The van der Waals surface area contributed by atoms with Gasteiger partial charge in [0.15, 0.2) is 5.57 Å². The van der Waals surface area contributed by atoms with Gasteiger partial charge in [0.25, 0.3) is 0 Å². The quantitative estimate of drug-likeness (QED) is 0.715. The van der Waals surface area contributed by atoms with Crippen LogP contribution >= 0.6 is 23.4 Å². The van der Waals surface area contributed by atoms with E-state index in [-0.39, 0.29) is 5.57 Å². The molecule has 16 heavy (non-hydrogen) atoms. The van der Waals surface area contributed by atoms with Crippen molar-refractivity contribution in [3.05, 3.63) is 39.4 Å². The summed E-state index contributed by atoms with van der Waals surface area (Å²) >= 11 is 7.31. The highest BCUT2D eigenvalue weighted by Gasteiger charge is 2.16. The van der Waals surface area contributed by atoms with Crippen molar-refractivity contribution in [1.82, 2.24) is 0 Å². The molecule has 5 heteroatoms. The summed E-state index contributed by atoms with van der Waals surface area (Å²) in [5, 5.41) is 21.9. The molecule has 1 aliphatic heterocycles. The summed E-state index contributed by atoms with van der Waals surface area (Å²) in [5.74, 6) is 0.713. The predicted molar refractivity (Wildman–Crippen MR) is 64.6 cm³/mol. The average Bonchev–Trinajstić information content (AvgIpc) is 2.31. The number of fused-ring (bicyclic) bond motifs is 1. The third-order valence-corrected chi connectivity index (χ3v) is 3.42. The number of halogens is 1. The van der Waals surface area contributed by atoms with Gasteiger partial charge in [-0.05, 0) is 23.8 Å². The van der Waals surface area contributed by atoms with Crippen LogP contribution in [0.15, 0.2) is 28.8 Å². The van der Waals surface area contributed by atoms with E-state index in [1.165, 1.54) is 11.8 Å². The van der Waals surface area contributed by atoms with Crippen LogP contribution in [0.1, 0.15) is 5.56 Å². The molecule has 3 nitrogen and oxygen atoms in total. The number of nitrogens with one attached hydrogen (secondary N) is 1. The normalized spacial score (nSPS) is 13.1. The molecule has 0 aliphatic carbocycles. The molecule has 0 saturated heterocycles. The van der Waals surface area contributed by atoms with Crippen molar-refractivity contribution in [3.63, 3.8) is 0 Å². The Morgan fingerprint density at radius 1 is 1.38 bits per heavy atom. The van der Waals surface area contributed by atoms with Crippen molar-refractivity contribution in [2.75, 3.05) is 5.32 Å². The molecule has 0 amide bonds. The lowest BCUT2D eigenvalue weighted by molar-refractivity contribution is 1.34. The van der Waals surface area contributed by atoms with E-state index in [1.54, 1.807) is 6.07 Å². The Hall–Kier alpha value is -1.62. The Morgan fingerprint density at radius 2 is 2.12 bits per heavy atom. The molecule has 1 aromatic rings. The molecule has 0 unspecified atom stereocenters. The van der Waals surface area contributed by atoms with Gasteiger partial charge in [-0.15, -0.1) is 11.8 Å². The van der Waals surface area contributed by atoms with Gasteiger partial charge >= 0.3 is 0 Å². The second kappa shape index (κ2) is 4.49. The molecule has 1 N–H and O–H groups in total. The van der Waals surface area contributed by atoms with Crippen LogP contribution in [-0.2, 0) is 5.75 Å². The van der Waals surface area contributed by atoms with Gasteiger partial charge in [0, 0.05) is 16.5 Å². The number of benzene rings is 1. The third kappa shape index (κ3) is 1.99. The fourth-order valence-corrected chi connectivity index (χ4v) is 2.52. The number of nitrogens with zero attached hydrogens (tertiary/aromatic N) is 2. The second-order valence-corrected chi connectivity index (χ2v) is 4.56. The van der Waals surface area contributed by atoms with Gasteiger partial charge in [-0.2, -0.15) is 10.5 Å². The van der Waals surface area contributed by atoms with Crippen LogP contribution in [0, 0.1) is 22.7 Å². The van der Waals surface area contributed by atoms with Crippen molar-refractivity contribution >= 4 is 29.1 Å². The summed E-state index contributed by atoms with van der Waals surface area (Å²) < 4.78 is 0. The first kappa shape index (κ1) is 10.9. The SMILES string of the molecule is N#CC(C#N)=C1Nc2ccc(Cl)cc2CS1. The molecule has 0 spiro atoms. The van der Waals surface area contributed by atoms with Crippen LogP contribution < -0.4 is 5.32 Å². The van der Waals surface area contributed by atoms with Gasteiger partial charge in [-0.25, -0.2) is 0 Å². The molecule has 78 valence electrons. The number of rotatable bonds is 0. The molecule has 2 rings (SSSR count).